The molecule has 0 aromatic heterocycles. The molecule has 2 atom stereocenters. The Morgan fingerprint density at radius 2 is 1.83 bits per heavy atom. The highest BCUT2D eigenvalue weighted by Gasteiger charge is 2.28. The first kappa shape index (κ1) is 27.4. The highest BCUT2D eigenvalue weighted by molar-refractivity contribution is 5.66. The molecule has 5 heteroatoms. The molecule has 0 fully saturated rings. The monoisotopic (exact) mass is 481 g/mol. The zero-order chi connectivity index (χ0) is 25.4. The van der Waals surface area contributed by atoms with E-state index >= 15 is 0 Å². The fourth-order valence-corrected chi connectivity index (χ4v) is 5.33. The lowest BCUT2D eigenvalue weighted by atomic mass is 9.88. The summed E-state index contributed by atoms with van der Waals surface area (Å²) in [4.78, 5) is 10.8. The summed E-state index contributed by atoms with van der Waals surface area (Å²) in [5.41, 5.74) is 6.41. The van der Waals surface area contributed by atoms with Gasteiger partial charge >= 0.3 is 5.97 Å². The second kappa shape index (κ2) is 12.7. The van der Waals surface area contributed by atoms with E-state index in [-0.39, 0.29) is 24.7 Å². The van der Waals surface area contributed by atoms with Crippen LogP contribution in [0.15, 0.2) is 42.5 Å². The Balaban J connectivity index is 1.43. The Morgan fingerprint density at radius 1 is 1.14 bits per heavy atom. The lowest BCUT2D eigenvalue weighted by Gasteiger charge is -2.31. The van der Waals surface area contributed by atoms with Gasteiger partial charge in [-0.3, -0.25) is 4.79 Å². The zero-order valence-corrected chi connectivity index (χ0v) is 21.8. The molecule has 0 bridgehead atoms. The summed E-state index contributed by atoms with van der Waals surface area (Å²) in [6.45, 7) is 9.29. The van der Waals surface area contributed by atoms with Crippen molar-refractivity contribution in [3.8, 4) is 0 Å². The predicted molar refractivity (Wildman–Crippen MR) is 141 cm³/mol. The minimum atomic E-state index is -0.745. The number of ether oxygens (including phenoxy) is 1. The number of aliphatic hydroxyl groups excluding tert-OH is 1. The van der Waals surface area contributed by atoms with Crippen LogP contribution in [0.4, 0.5) is 0 Å². The third-order valence-electron chi connectivity index (χ3n) is 7.11. The van der Waals surface area contributed by atoms with Crippen molar-refractivity contribution in [3.05, 3.63) is 70.3 Å². The van der Waals surface area contributed by atoms with Gasteiger partial charge in [-0.25, -0.2) is 0 Å². The Kier molecular flexibility index (Phi) is 9.90. The highest BCUT2D eigenvalue weighted by atomic mass is 16.5. The molecule has 0 spiro atoms. The molecule has 0 saturated heterocycles. The molecule has 3 N–H and O–H groups in total. The van der Waals surface area contributed by atoms with Crippen molar-refractivity contribution < 1.29 is 19.7 Å². The number of nitrogens with one attached hydrogen (secondary N) is 1. The van der Waals surface area contributed by atoms with E-state index in [0.717, 1.165) is 37.7 Å². The van der Waals surface area contributed by atoms with Gasteiger partial charge in [0.1, 0.15) is 0 Å². The third kappa shape index (κ3) is 8.75. The molecule has 0 heterocycles. The second-order valence-electron chi connectivity index (χ2n) is 10.9. The summed E-state index contributed by atoms with van der Waals surface area (Å²) < 4.78 is 6.07. The summed E-state index contributed by atoms with van der Waals surface area (Å²) in [7, 11) is 0. The molecule has 5 nitrogen and oxygen atoms in total. The van der Waals surface area contributed by atoms with Gasteiger partial charge in [-0.2, -0.15) is 0 Å². The first-order valence-corrected chi connectivity index (χ1v) is 13.1. The van der Waals surface area contributed by atoms with Crippen LogP contribution in [0, 0.1) is 12.8 Å². The molecule has 35 heavy (non-hydrogen) atoms. The molecular formula is C30H43NO4. The molecule has 2 aromatic carbocycles. The van der Waals surface area contributed by atoms with E-state index in [1.165, 1.54) is 22.3 Å². The van der Waals surface area contributed by atoms with Gasteiger partial charge in [-0.05, 0) is 94.4 Å². The Labute approximate surface area is 210 Å². The summed E-state index contributed by atoms with van der Waals surface area (Å²) in [5.74, 6) is -0.107. The fraction of sp³-hybridized carbons (Fsp3) is 0.567. The highest BCUT2D eigenvalue weighted by Crippen LogP contribution is 2.32. The lowest BCUT2D eigenvalue weighted by Crippen LogP contribution is -2.45. The number of hydrogen-bond donors (Lipinski definition) is 3. The number of rotatable bonds is 14. The molecule has 2 aromatic rings. The number of aryl methyl sites for hydroxylation is 2. The average molecular weight is 482 g/mol. The molecule has 0 saturated carbocycles. The Morgan fingerprint density at radius 3 is 2.49 bits per heavy atom. The van der Waals surface area contributed by atoms with Gasteiger partial charge in [0.15, 0.2) is 0 Å². The van der Waals surface area contributed by atoms with Crippen LogP contribution < -0.4 is 5.32 Å². The van der Waals surface area contributed by atoms with Crippen LogP contribution in [-0.2, 0) is 28.8 Å². The molecule has 0 radical (unpaired) electrons. The number of carboxylic acids is 1. The van der Waals surface area contributed by atoms with Crippen LogP contribution in [-0.4, -0.2) is 41.0 Å². The standard InChI is InChI=1S/C30H43NO4/c1-21-13-14-28(26(15-21)11-7-8-12-29(33)34)22(2)35-20-27(32)19-31-30(3,4)18-23-16-24-9-5-6-10-25(24)17-23/h5-6,9-10,13-15,22-23,27,31-32H,7-8,11-12,16-20H2,1-4H3,(H,33,34)/t22-,27-/m1/s1. The normalized spacial score (nSPS) is 15.7. The maximum Gasteiger partial charge on any atom is 0.303 e. The molecule has 0 amide bonds. The van der Waals surface area contributed by atoms with Crippen LogP contribution in [0.25, 0.3) is 0 Å². The van der Waals surface area contributed by atoms with E-state index in [1.54, 1.807) is 0 Å². The number of aliphatic carboxylic acids is 1. The van der Waals surface area contributed by atoms with Gasteiger partial charge in [0.2, 0.25) is 0 Å². The van der Waals surface area contributed by atoms with Crippen molar-refractivity contribution in [1.29, 1.82) is 0 Å². The van der Waals surface area contributed by atoms with Crippen LogP contribution in [0.5, 0.6) is 0 Å². The molecular weight excluding hydrogens is 438 g/mol. The SMILES string of the molecule is Cc1ccc([C@@H](C)OC[C@H](O)CNC(C)(C)CC2Cc3ccccc3C2)c(CCCCC(=O)O)c1. The minimum absolute atomic E-state index is 0.0562. The molecule has 192 valence electrons. The van der Waals surface area contributed by atoms with E-state index in [2.05, 4.69) is 68.6 Å². The van der Waals surface area contributed by atoms with Gasteiger partial charge in [-0.1, -0.05) is 48.0 Å². The van der Waals surface area contributed by atoms with Gasteiger partial charge in [0.05, 0.1) is 18.8 Å². The molecule has 0 unspecified atom stereocenters. The molecule has 3 rings (SSSR count). The fourth-order valence-electron chi connectivity index (χ4n) is 5.33. The molecule has 1 aliphatic rings. The number of carbonyl (C=O) groups is 1. The average Bonchev–Trinajstić information content (AvgIpc) is 3.20. The number of β-amino-alcohol motifs (C(OH)–C–C–N with tert-alkyl or cyclic N) is 1. The molecule has 1 aliphatic carbocycles. The summed E-state index contributed by atoms with van der Waals surface area (Å²) >= 11 is 0. The minimum Gasteiger partial charge on any atom is -0.481 e. The maximum absolute atomic E-state index is 10.8. The van der Waals surface area contributed by atoms with E-state index in [9.17, 15) is 9.90 Å². The van der Waals surface area contributed by atoms with E-state index in [0.29, 0.717) is 18.9 Å². The Bertz CT molecular complexity index is 946. The maximum atomic E-state index is 10.8. The number of carboxylic acid groups (broad SMARTS) is 1. The van der Waals surface area contributed by atoms with Gasteiger partial charge in [0.25, 0.3) is 0 Å². The van der Waals surface area contributed by atoms with Gasteiger partial charge < -0.3 is 20.3 Å². The topological polar surface area (TPSA) is 78.8 Å². The van der Waals surface area contributed by atoms with E-state index < -0.39 is 12.1 Å². The second-order valence-corrected chi connectivity index (χ2v) is 10.9. The summed E-state index contributed by atoms with van der Waals surface area (Å²) in [6.07, 6.45) is 5.18. The summed E-state index contributed by atoms with van der Waals surface area (Å²) in [5, 5.41) is 23.0. The number of hydrogen-bond acceptors (Lipinski definition) is 4. The first-order valence-electron chi connectivity index (χ1n) is 13.1. The van der Waals surface area contributed by atoms with Crippen molar-refractivity contribution in [2.45, 2.75) is 90.4 Å². The van der Waals surface area contributed by atoms with E-state index in [4.69, 9.17) is 9.84 Å². The van der Waals surface area contributed by atoms with Gasteiger partial charge in [-0.15, -0.1) is 0 Å². The van der Waals surface area contributed by atoms with Crippen molar-refractivity contribution in [1.82, 2.24) is 5.32 Å². The lowest BCUT2D eigenvalue weighted by molar-refractivity contribution is -0.137. The Hall–Kier alpha value is -2.21. The van der Waals surface area contributed by atoms with Crippen molar-refractivity contribution >= 4 is 5.97 Å². The number of fused-ring (bicyclic) bond motifs is 1. The predicted octanol–water partition coefficient (Wildman–Crippen LogP) is 5.40. The van der Waals surface area contributed by atoms with Crippen molar-refractivity contribution in [3.63, 3.8) is 0 Å². The van der Waals surface area contributed by atoms with Crippen LogP contribution in [0.1, 0.15) is 80.4 Å². The summed E-state index contributed by atoms with van der Waals surface area (Å²) in [6, 6.07) is 15.1. The molecule has 0 aliphatic heterocycles. The quantitative estimate of drug-likeness (QED) is 0.315. The smallest absolute Gasteiger partial charge is 0.303 e. The largest absolute Gasteiger partial charge is 0.481 e. The number of benzene rings is 2. The van der Waals surface area contributed by atoms with Crippen LogP contribution in [0.2, 0.25) is 0 Å². The first-order chi connectivity index (χ1) is 16.6. The van der Waals surface area contributed by atoms with Gasteiger partial charge in [0, 0.05) is 18.5 Å². The van der Waals surface area contributed by atoms with E-state index in [1.807, 2.05) is 6.92 Å². The van der Waals surface area contributed by atoms with Crippen molar-refractivity contribution in [2.75, 3.05) is 13.2 Å². The van der Waals surface area contributed by atoms with Crippen LogP contribution >= 0.6 is 0 Å². The van der Waals surface area contributed by atoms with Crippen LogP contribution in [0.3, 0.4) is 0 Å². The van der Waals surface area contributed by atoms with Crippen molar-refractivity contribution in [2.24, 2.45) is 5.92 Å². The third-order valence-corrected chi connectivity index (χ3v) is 7.11. The zero-order valence-electron chi connectivity index (χ0n) is 21.8. The number of unbranched alkanes of at least 4 members (excludes halogenated alkanes) is 1. The number of aliphatic hydroxyl groups is 1.